The van der Waals surface area contributed by atoms with Crippen LogP contribution in [-0.4, -0.2) is 11.0 Å². The number of nitrogens with one attached hydrogen (secondary N) is 1. The fraction of sp³-hybridized carbons (Fsp3) is 0.400. The van der Waals surface area contributed by atoms with Gasteiger partial charge in [-0.1, -0.05) is 30.3 Å². The van der Waals surface area contributed by atoms with Gasteiger partial charge in [-0.05, 0) is 24.8 Å². The van der Waals surface area contributed by atoms with Crippen LogP contribution in [0.3, 0.4) is 0 Å². The smallest absolute Gasteiger partial charge is 0.0932 e. The van der Waals surface area contributed by atoms with Crippen LogP contribution in [0, 0.1) is 0 Å². The molecule has 2 nitrogen and oxygen atoms in total. The Kier molecular flexibility index (Phi) is 3.72. The summed E-state index contributed by atoms with van der Waals surface area (Å²) in [5.74, 6) is 0. The van der Waals surface area contributed by atoms with Crippen LogP contribution in [-0.2, 0) is 19.4 Å². The molecule has 0 bridgehead atoms. The number of aryl methyl sites for hydroxylation is 2. The highest BCUT2D eigenvalue weighted by Crippen LogP contribution is 2.20. The van der Waals surface area contributed by atoms with E-state index in [1.54, 1.807) is 11.3 Å². The van der Waals surface area contributed by atoms with Crippen molar-refractivity contribution in [1.82, 2.24) is 10.3 Å². The van der Waals surface area contributed by atoms with Crippen LogP contribution in [0.1, 0.15) is 29.1 Å². The first-order chi connectivity index (χ1) is 8.90. The van der Waals surface area contributed by atoms with Gasteiger partial charge < -0.3 is 5.32 Å². The Hall–Kier alpha value is -1.19. The van der Waals surface area contributed by atoms with Gasteiger partial charge in [0.2, 0.25) is 0 Å². The minimum Gasteiger partial charge on any atom is -0.308 e. The summed E-state index contributed by atoms with van der Waals surface area (Å²) in [4.78, 5) is 4.68. The van der Waals surface area contributed by atoms with Gasteiger partial charge in [-0.3, -0.25) is 0 Å². The number of aromatic nitrogens is 1. The first-order valence-electron chi connectivity index (χ1n) is 6.61. The van der Waals surface area contributed by atoms with Crippen molar-refractivity contribution in [2.45, 2.75) is 38.3 Å². The van der Waals surface area contributed by atoms with Crippen molar-refractivity contribution in [1.29, 1.82) is 0 Å². The molecule has 1 aromatic carbocycles. The molecule has 94 valence electrons. The second-order valence-corrected chi connectivity index (χ2v) is 5.82. The molecule has 18 heavy (non-hydrogen) atoms. The number of thiazole rings is 1. The number of hydrogen-bond acceptors (Lipinski definition) is 3. The molecule has 0 radical (unpaired) electrons. The Morgan fingerprint density at radius 3 is 2.78 bits per heavy atom. The standard InChI is InChI=1S/C15H18N2S/c1-2-4-12(5-3-1)6-9-15-17-14(11-18-15)10-16-13-7-8-13/h1-5,11,13,16H,6-10H2. The van der Waals surface area contributed by atoms with Gasteiger partial charge >= 0.3 is 0 Å². The maximum absolute atomic E-state index is 4.68. The molecule has 0 amide bonds. The van der Waals surface area contributed by atoms with E-state index in [0.29, 0.717) is 0 Å². The lowest BCUT2D eigenvalue weighted by atomic mass is 10.1. The van der Waals surface area contributed by atoms with Gasteiger partial charge in [0.05, 0.1) is 10.7 Å². The van der Waals surface area contributed by atoms with Crippen molar-refractivity contribution < 1.29 is 0 Å². The van der Waals surface area contributed by atoms with E-state index in [0.717, 1.165) is 25.4 Å². The maximum Gasteiger partial charge on any atom is 0.0932 e. The van der Waals surface area contributed by atoms with E-state index in [9.17, 15) is 0 Å². The Morgan fingerprint density at radius 1 is 1.17 bits per heavy atom. The Labute approximate surface area is 112 Å². The normalized spacial score (nSPS) is 14.9. The Balaban J connectivity index is 1.50. The summed E-state index contributed by atoms with van der Waals surface area (Å²) in [5.41, 5.74) is 2.60. The lowest BCUT2D eigenvalue weighted by Crippen LogP contribution is -2.15. The molecular formula is C15H18N2S. The van der Waals surface area contributed by atoms with E-state index < -0.39 is 0 Å². The largest absolute Gasteiger partial charge is 0.308 e. The second kappa shape index (κ2) is 5.63. The Bertz CT molecular complexity index is 488. The van der Waals surface area contributed by atoms with Gasteiger partial charge in [0, 0.05) is 24.4 Å². The van der Waals surface area contributed by atoms with Gasteiger partial charge in [-0.2, -0.15) is 0 Å². The highest BCUT2D eigenvalue weighted by atomic mass is 32.1. The molecule has 1 heterocycles. The molecule has 1 saturated carbocycles. The Morgan fingerprint density at radius 2 is 2.00 bits per heavy atom. The molecule has 0 spiro atoms. The molecular weight excluding hydrogens is 240 g/mol. The minimum atomic E-state index is 0.763. The second-order valence-electron chi connectivity index (χ2n) is 4.87. The van der Waals surface area contributed by atoms with Gasteiger partial charge in [0.25, 0.3) is 0 Å². The third kappa shape index (κ3) is 3.40. The van der Waals surface area contributed by atoms with Crippen molar-refractivity contribution >= 4 is 11.3 Å². The molecule has 1 N–H and O–H groups in total. The number of benzene rings is 1. The molecule has 0 unspecified atom stereocenters. The molecule has 1 fully saturated rings. The lowest BCUT2D eigenvalue weighted by Gasteiger charge is -1.99. The highest BCUT2D eigenvalue weighted by Gasteiger charge is 2.20. The predicted molar refractivity (Wildman–Crippen MR) is 75.8 cm³/mol. The first-order valence-corrected chi connectivity index (χ1v) is 7.49. The fourth-order valence-electron chi connectivity index (χ4n) is 1.98. The van der Waals surface area contributed by atoms with Crippen molar-refractivity contribution in [2.75, 3.05) is 0 Å². The highest BCUT2D eigenvalue weighted by molar-refractivity contribution is 7.09. The van der Waals surface area contributed by atoms with E-state index in [4.69, 9.17) is 0 Å². The molecule has 1 aromatic heterocycles. The molecule has 0 aliphatic heterocycles. The molecule has 0 atom stereocenters. The zero-order chi connectivity index (χ0) is 12.2. The quantitative estimate of drug-likeness (QED) is 0.861. The van der Waals surface area contributed by atoms with Crippen molar-refractivity contribution in [3.8, 4) is 0 Å². The third-order valence-corrected chi connectivity index (χ3v) is 4.18. The van der Waals surface area contributed by atoms with Gasteiger partial charge in [-0.15, -0.1) is 11.3 Å². The zero-order valence-corrected chi connectivity index (χ0v) is 11.2. The van der Waals surface area contributed by atoms with Gasteiger partial charge in [0.15, 0.2) is 0 Å². The van der Waals surface area contributed by atoms with Crippen LogP contribution in [0.15, 0.2) is 35.7 Å². The van der Waals surface area contributed by atoms with E-state index in [2.05, 4.69) is 46.0 Å². The average Bonchev–Trinajstić information content (AvgIpc) is 3.14. The summed E-state index contributed by atoms with van der Waals surface area (Å²) in [6.45, 7) is 0.937. The number of hydrogen-bond donors (Lipinski definition) is 1. The average molecular weight is 258 g/mol. The lowest BCUT2D eigenvalue weighted by molar-refractivity contribution is 0.675. The molecule has 1 aliphatic rings. The maximum atomic E-state index is 4.68. The zero-order valence-electron chi connectivity index (χ0n) is 10.4. The van der Waals surface area contributed by atoms with Crippen molar-refractivity contribution in [3.63, 3.8) is 0 Å². The third-order valence-electron chi connectivity index (χ3n) is 3.22. The van der Waals surface area contributed by atoms with E-state index in [1.807, 2.05) is 0 Å². The topological polar surface area (TPSA) is 24.9 Å². The van der Waals surface area contributed by atoms with Crippen LogP contribution in [0.5, 0.6) is 0 Å². The van der Waals surface area contributed by atoms with Crippen LogP contribution >= 0.6 is 11.3 Å². The molecule has 3 rings (SSSR count). The summed E-state index contributed by atoms with van der Waals surface area (Å²) in [6, 6.07) is 11.4. The molecule has 3 heteroatoms. The number of rotatable bonds is 6. The van der Waals surface area contributed by atoms with E-state index in [1.165, 1.54) is 29.1 Å². The van der Waals surface area contributed by atoms with Crippen LogP contribution < -0.4 is 5.32 Å². The summed E-state index contributed by atoms with van der Waals surface area (Å²) >= 11 is 1.79. The van der Waals surface area contributed by atoms with Crippen molar-refractivity contribution in [2.24, 2.45) is 0 Å². The first kappa shape index (κ1) is 11.9. The van der Waals surface area contributed by atoms with E-state index in [-0.39, 0.29) is 0 Å². The van der Waals surface area contributed by atoms with E-state index >= 15 is 0 Å². The monoisotopic (exact) mass is 258 g/mol. The minimum absolute atomic E-state index is 0.763. The predicted octanol–water partition coefficient (Wildman–Crippen LogP) is 3.18. The number of nitrogens with zero attached hydrogens (tertiary/aromatic N) is 1. The molecule has 1 aliphatic carbocycles. The van der Waals surface area contributed by atoms with Gasteiger partial charge in [-0.25, -0.2) is 4.98 Å². The SMILES string of the molecule is c1ccc(CCc2nc(CNC3CC3)cs2)cc1. The summed E-state index contributed by atoms with van der Waals surface area (Å²) in [7, 11) is 0. The summed E-state index contributed by atoms with van der Waals surface area (Å²) in [5, 5.41) is 6.95. The molecule has 2 aromatic rings. The molecule has 0 saturated heterocycles. The van der Waals surface area contributed by atoms with Crippen molar-refractivity contribution in [3.05, 3.63) is 52.0 Å². The summed E-state index contributed by atoms with van der Waals surface area (Å²) < 4.78 is 0. The van der Waals surface area contributed by atoms with Crippen LogP contribution in [0.25, 0.3) is 0 Å². The fourth-order valence-corrected chi connectivity index (χ4v) is 2.78. The van der Waals surface area contributed by atoms with Gasteiger partial charge in [0.1, 0.15) is 0 Å². The summed E-state index contributed by atoms with van der Waals surface area (Å²) in [6.07, 6.45) is 4.82. The van der Waals surface area contributed by atoms with Crippen LogP contribution in [0.2, 0.25) is 0 Å². The van der Waals surface area contributed by atoms with Crippen LogP contribution in [0.4, 0.5) is 0 Å².